The van der Waals surface area contributed by atoms with E-state index in [-0.39, 0.29) is 18.5 Å². The average Bonchev–Trinajstić information content (AvgIpc) is 3.52. The fraction of sp³-hybridized carbons (Fsp3) is 0.471. The molecule has 2 fully saturated rings. The van der Waals surface area contributed by atoms with Gasteiger partial charge < -0.3 is 29.2 Å². The van der Waals surface area contributed by atoms with Crippen LogP contribution in [0.2, 0.25) is 0 Å². The second kappa shape index (κ2) is 12.6. The lowest BCUT2D eigenvalue weighted by Gasteiger charge is -2.41. The molecule has 0 N–H and O–H groups in total. The first-order chi connectivity index (χ1) is 20.9. The van der Waals surface area contributed by atoms with Gasteiger partial charge in [-0.1, -0.05) is 43.0 Å². The van der Waals surface area contributed by atoms with Crippen molar-refractivity contribution in [3.05, 3.63) is 77.8 Å². The molecule has 3 aliphatic rings. The van der Waals surface area contributed by atoms with E-state index in [1.54, 1.807) is 4.90 Å². The molecule has 3 atom stereocenters. The minimum absolute atomic E-state index is 0.125. The summed E-state index contributed by atoms with van der Waals surface area (Å²) in [4.78, 5) is 35.0. The highest BCUT2D eigenvalue weighted by Gasteiger charge is 2.35. The van der Waals surface area contributed by atoms with E-state index in [1.165, 1.54) is 29.0 Å². The number of piperazine rings is 1. The topological polar surface area (TPSA) is 69.4 Å². The van der Waals surface area contributed by atoms with Crippen LogP contribution in [0.15, 0.2) is 55.1 Å². The largest absolute Gasteiger partial charge is 0.463 e. The predicted octanol–water partition coefficient (Wildman–Crippen LogP) is 4.42. The van der Waals surface area contributed by atoms with Crippen LogP contribution in [0.5, 0.6) is 6.01 Å². The van der Waals surface area contributed by atoms with Gasteiger partial charge >= 0.3 is 6.01 Å². The maximum atomic E-state index is 12.6. The molecule has 9 nitrogen and oxygen atoms in total. The normalized spacial score (nSPS) is 22.0. The van der Waals surface area contributed by atoms with Gasteiger partial charge in [0.1, 0.15) is 11.9 Å². The fourth-order valence-electron chi connectivity index (χ4n) is 6.98. The monoisotopic (exact) mass is 579 g/mol. The molecule has 3 unspecified atom stereocenters. The van der Waals surface area contributed by atoms with Crippen LogP contribution in [0.1, 0.15) is 30.5 Å². The Balaban J connectivity index is 1.30. The van der Waals surface area contributed by atoms with Crippen molar-refractivity contribution in [3.63, 3.8) is 0 Å². The summed E-state index contributed by atoms with van der Waals surface area (Å²) in [6.07, 6.45) is 5.61. The number of fused-ring (bicyclic) bond motifs is 2. The third-order valence-electron chi connectivity index (χ3n) is 9.36. The van der Waals surface area contributed by atoms with E-state index >= 15 is 0 Å². The van der Waals surface area contributed by atoms with Crippen LogP contribution in [-0.2, 0) is 17.8 Å². The maximum Gasteiger partial charge on any atom is 0.318 e. The zero-order valence-corrected chi connectivity index (χ0v) is 25.3. The van der Waals surface area contributed by atoms with Gasteiger partial charge in [-0.05, 0) is 63.2 Å². The van der Waals surface area contributed by atoms with Crippen LogP contribution in [0, 0.1) is 12.5 Å². The number of amides is 1. The number of hydrogen-bond acceptors (Lipinski definition) is 7. The van der Waals surface area contributed by atoms with Crippen molar-refractivity contribution in [2.24, 2.45) is 5.92 Å². The minimum atomic E-state index is -0.219. The molecule has 0 radical (unpaired) electrons. The number of anilines is 2. The molecule has 6 rings (SSSR count). The SMILES string of the molecule is [C-]#[N+]CC1CN(c2nc(OCC3CCC(N(C)C)C3)nc3c2CCN(c2cccc4ccccc24)C3)CCN1C(=O)C=C. The highest BCUT2D eigenvalue weighted by atomic mass is 16.5. The number of hydrogen-bond donors (Lipinski definition) is 0. The minimum Gasteiger partial charge on any atom is -0.463 e. The molecule has 2 aliphatic heterocycles. The van der Waals surface area contributed by atoms with Crippen LogP contribution in [0.4, 0.5) is 11.5 Å². The zero-order valence-electron chi connectivity index (χ0n) is 25.3. The molecule has 0 bridgehead atoms. The van der Waals surface area contributed by atoms with Crippen molar-refractivity contribution in [1.29, 1.82) is 0 Å². The third kappa shape index (κ3) is 6.02. The molecule has 3 aromatic rings. The molecule has 43 heavy (non-hydrogen) atoms. The molecule has 1 amide bonds. The summed E-state index contributed by atoms with van der Waals surface area (Å²) in [6.45, 7) is 15.3. The summed E-state index contributed by atoms with van der Waals surface area (Å²) < 4.78 is 6.37. The highest BCUT2D eigenvalue weighted by Crippen LogP contribution is 2.35. The van der Waals surface area contributed by atoms with E-state index in [0.29, 0.717) is 50.8 Å². The first-order valence-corrected chi connectivity index (χ1v) is 15.4. The number of aromatic nitrogens is 2. The average molecular weight is 580 g/mol. The summed E-state index contributed by atoms with van der Waals surface area (Å²) >= 11 is 0. The van der Waals surface area contributed by atoms with Crippen molar-refractivity contribution < 1.29 is 9.53 Å². The molecule has 1 saturated heterocycles. The van der Waals surface area contributed by atoms with E-state index in [9.17, 15) is 4.79 Å². The number of benzene rings is 2. The molecular formula is C34H41N7O2. The van der Waals surface area contributed by atoms with Crippen LogP contribution in [-0.4, -0.2) is 91.2 Å². The van der Waals surface area contributed by atoms with E-state index in [4.69, 9.17) is 21.3 Å². The van der Waals surface area contributed by atoms with Crippen LogP contribution >= 0.6 is 0 Å². The summed E-state index contributed by atoms with van der Waals surface area (Å²) in [7, 11) is 4.30. The van der Waals surface area contributed by atoms with Gasteiger partial charge in [-0.2, -0.15) is 9.97 Å². The maximum absolute atomic E-state index is 12.6. The van der Waals surface area contributed by atoms with Crippen molar-refractivity contribution in [1.82, 2.24) is 19.8 Å². The van der Waals surface area contributed by atoms with Gasteiger partial charge in [0, 0.05) is 48.9 Å². The molecule has 0 spiro atoms. The lowest BCUT2D eigenvalue weighted by Crippen LogP contribution is -2.56. The Morgan fingerprint density at radius 1 is 1.12 bits per heavy atom. The number of rotatable bonds is 8. The van der Waals surface area contributed by atoms with Gasteiger partial charge in [-0.3, -0.25) is 4.79 Å². The second-order valence-electron chi connectivity index (χ2n) is 12.2. The Bertz CT molecular complexity index is 1530. The molecule has 1 saturated carbocycles. The third-order valence-corrected chi connectivity index (χ3v) is 9.36. The van der Waals surface area contributed by atoms with Gasteiger partial charge in [-0.25, -0.2) is 6.57 Å². The van der Waals surface area contributed by atoms with Crippen molar-refractivity contribution in [2.45, 2.75) is 44.3 Å². The highest BCUT2D eigenvalue weighted by molar-refractivity contribution is 5.94. The molecule has 3 heterocycles. The van der Waals surface area contributed by atoms with Crippen molar-refractivity contribution >= 4 is 28.2 Å². The molecule has 224 valence electrons. The summed E-state index contributed by atoms with van der Waals surface area (Å²) in [5.41, 5.74) is 3.34. The molecule has 9 heteroatoms. The number of nitrogens with zero attached hydrogens (tertiary/aromatic N) is 7. The van der Waals surface area contributed by atoms with Crippen LogP contribution in [0.25, 0.3) is 15.6 Å². The molecule has 2 aromatic carbocycles. The smallest absolute Gasteiger partial charge is 0.318 e. The lowest BCUT2D eigenvalue weighted by atomic mass is 10.0. The first kappa shape index (κ1) is 28.9. The van der Waals surface area contributed by atoms with Crippen molar-refractivity contribution in [2.75, 3.05) is 63.2 Å². The van der Waals surface area contributed by atoms with Gasteiger partial charge in [-0.15, -0.1) is 0 Å². The van der Waals surface area contributed by atoms with Gasteiger partial charge in [0.2, 0.25) is 12.5 Å². The van der Waals surface area contributed by atoms with Gasteiger partial charge in [0.15, 0.2) is 0 Å². The molecule has 1 aromatic heterocycles. The summed E-state index contributed by atoms with van der Waals surface area (Å²) in [5, 5.41) is 2.46. The lowest BCUT2D eigenvalue weighted by molar-refractivity contribution is -0.128. The Labute approximate surface area is 254 Å². The number of carbonyl (C=O) groups excluding carboxylic acids is 1. The first-order valence-electron chi connectivity index (χ1n) is 15.4. The molecular weight excluding hydrogens is 538 g/mol. The zero-order chi connectivity index (χ0) is 29.9. The molecule has 1 aliphatic carbocycles. The van der Waals surface area contributed by atoms with Crippen LogP contribution < -0.4 is 14.5 Å². The standard InChI is InChI=1S/C34H41N7O2/c1-5-32(42)41-18-17-40(21-27(41)20-35-2)33-29-15-16-39(31-12-8-10-25-9-6-7-11-28(25)31)22-30(29)36-34(37-33)43-23-24-13-14-26(19-24)38(3)4/h5-12,24,26-27H,1,13-23H2,3-4H3. The summed E-state index contributed by atoms with van der Waals surface area (Å²) in [5.74, 6) is 1.25. The van der Waals surface area contributed by atoms with E-state index in [0.717, 1.165) is 42.9 Å². The summed E-state index contributed by atoms with van der Waals surface area (Å²) in [6, 6.07) is 15.8. The van der Waals surface area contributed by atoms with E-state index < -0.39 is 0 Å². The number of carbonyl (C=O) groups is 1. The fourth-order valence-corrected chi connectivity index (χ4v) is 6.98. The Kier molecular flexibility index (Phi) is 8.48. The quantitative estimate of drug-likeness (QED) is 0.289. The van der Waals surface area contributed by atoms with E-state index in [2.05, 4.69) is 82.7 Å². The van der Waals surface area contributed by atoms with Crippen molar-refractivity contribution in [3.8, 4) is 6.01 Å². The second-order valence-corrected chi connectivity index (χ2v) is 12.2. The van der Waals surface area contributed by atoms with E-state index in [1.807, 2.05) is 0 Å². The van der Waals surface area contributed by atoms with Crippen LogP contribution in [0.3, 0.4) is 0 Å². The van der Waals surface area contributed by atoms with Gasteiger partial charge in [0.25, 0.3) is 0 Å². The Morgan fingerprint density at radius 2 is 1.95 bits per heavy atom. The predicted molar refractivity (Wildman–Crippen MR) is 170 cm³/mol. The van der Waals surface area contributed by atoms with Gasteiger partial charge in [0.05, 0.1) is 18.8 Å². The Hall–Kier alpha value is -4.16. The number of ether oxygens (including phenoxy) is 1. The Morgan fingerprint density at radius 3 is 2.74 bits per heavy atom.